The fourth-order valence-electron chi connectivity index (χ4n) is 6.17. The Balaban J connectivity index is 1.53. The largest absolute Gasteiger partial charge is 0.477 e. The summed E-state index contributed by atoms with van der Waals surface area (Å²) < 4.78 is 7.57. The van der Waals surface area contributed by atoms with Crippen molar-refractivity contribution < 1.29 is 19.4 Å². The first kappa shape index (κ1) is 24.8. The standard InChI is InChI=1S/C26H40N4O4/c1-6-27-24(32)25(4,5)7-8-30-23(34-15-16(2)3)20(14-28-30)22(31)29-21-18-9-17-10-19(21)13-26(33,11-17)12-18/h7-8,14,16-19,21,33H,6,9-13,15H2,1-5H3,(H,27,32)(H,29,31)/b8-7+/t17?,18?,19?,21-,26-. The van der Waals surface area contributed by atoms with E-state index in [-0.39, 0.29) is 23.8 Å². The Morgan fingerprint density at radius 3 is 2.56 bits per heavy atom. The zero-order valence-corrected chi connectivity index (χ0v) is 21.1. The molecule has 5 rings (SSSR count). The maximum absolute atomic E-state index is 13.4. The van der Waals surface area contributed by atoms with Crippen LogP contribution in [0.1, 0.15) is 77.1 Å². The second kappa shape index (κ2) is 9.36. The van der Waals surface area contributed by atoms with Gasteiger partial charge >= 0.3 is 0 Å². The summed E-state index contributed by atoms with van der Waals surface area (Å²) in [7, 11) is 0. The van der Waals surface area contributed by atoms with Crippen molar-refractivity contribution in [1.29, 1.82) is 0 Å². The SMILES string of the molecule is CCNC(=O)C(C)(C)/C=C/n1ncc(C(=O)N[C@H]2C3CC4CC2C[C@](O)(C4)C3)c1OCC(C)C. The van der Waals surface area contributed by atoms with Gasteiger partial charge in [0.25, 0.3) is 5.91 Å². The number of aromatic nitrogens is 2. The van der Waals surface area contributed by atoms with Gasteiger partial charge in [0.15, 0.2) is 0 Å². The Morgan fingerprint density at radius 1 is 1.29 bits per heavy atom. The first-order valence-electron chi connectivity index (χ1n) is 12.7. The highest BCUT2D eigenvalue weighted by molar-refractivity contribution is 5.96. The molecule has 4 saturated carbocycles. The van der Waals surface area contributed by atoms with Gasteiger partial charge in [0.2, 0.25) is 11.8 Å². The molecule has 1 aromatic heterocycles. The summed E-state index contributed by atoms with van der Waals surface area (Å²) in [6, 6.07) is 0.0813. The molecule has 0 aromatic carbocycles. The van der Waals surface area contributed by atoms with Crippen molar-refractivity contribution in [3.05, 3.63) is 17.8 Å². The van der Waals surface area contributed by atoms with Crippen molar-refractivity contribution >= 4 is 18.0 Å². The van der Waals surface area contributed by atoms with Gasteiger partial charge in [-0.25, -0.2) is 4.68 Å². The topological polar surface area (TPSA) is 105 Å². The van der Waals surface area contributed by atoms with Crippen molar-refractivity contribution in [2.24, 2.45) is 29.1 Å². The molecule has 8 heteroatoms. The Kier molecular flexibility index (Phi) is 6.82. The van der Waals surface area contributed by atoms with Crippen LogP contribution in [0, 0.1) is 29.1 Å². The fourth-order valence-corrected chi connectivity index (χ4v) is 6.17. The van der Waals surface area contributed by atoms with Gasteiger partial charge in [0.05, 0.1) is 23.8 Å². The monoisotopic (exact) mass is 472 g/mol. The number of ether oxygens (including phenoxy) is 1. The molecule has 2 atom stereocenters. The van der Waals surface area contributed by atoms with E-state index in [1.165, 1.54) is 10.9 Å². The lowest BCUT2D eigenvalue weighted by Gasteiger charge is -2.58. The van der Waals surface area contributed by atoms with E-state index >= 15 is 0 Å². The number of nitrogens with zero attached hydrogens (tertiary/aromatic N) is 2. The lowest BCUT2D eigenvalue weighted by Crippen LogP contribution is -2.61. The van der Waals surface area contributed by atoms with E-state index in [9.17, 15) is 14.7 Å². The molecule has 34 heavy (non-hydrogen) atoms. The number of carbonyl (C=O) groups excluding carboxylic acids is 2. The summed E-state index contributed by atoms with van der Waals surface area (Å²) in [5, 5.41) is 21.4. The quantitative estimate of drug-likeness (QED) is 0.512. The van der Waals surface area contributed by atoms with Crippen LogP contribution in [-0.4, -0.2) is 51.5 Å². The minimum absolute atomic E-state index is 0.0791. The van der Waals surface area contributed by atoms with Crippen LogP contribution in [0.2, 0.25) is 0 Å². The molecule has 0 saturated heterocycles. The summed E-state index contributed by atoms with van der Waals surface area (Å²) in [5.41, 5.74) is -0.871. The van der Waals surface area contributed by atoms with E-state index in [2.05, 4.69) is 15.7 Å². The van der Waals surface area contributed by atoms with Crippen molar-refractivity contribution in [3.63, 3.8) is 0 Å². The summed E-state index contributed by atoms with van der Waals surface area (Å²) in [5.74, 6) is 1.63. The minimum Gasteiger partial charge on any atom is -0.477 e. The van der Waals surface area contributed by atoms with Crippen molar-refractivity contribution in [3.8, 4) is 5.88 Å². The molecule has 4 aliphatic rings. The van der Waals surface area contributed by atoms with E-state index in [1.807, 2.05) is 34.6 Å². The van der Waals surface area contributed by atoms with Crippen LogP contribution < -0.4 is 15.4 Å². The van der Waals surface area contributed by atoms with E-state index in [0.29, 0.717) is 42.3 Å². The van der Waals surface area contributed by atoms with Crippen LogP contribution in [0.4, 0.5) is 0 Å². The Morgan fingerprint density at radius 2 is 1.97 bits per heavy atom. The normalized spacial score (nSPS) is 30.2. The van der Waals surface area contributed by atoms with Crippen molar-refractivity contribution in [2.45, 2.75) is 78.4 Å². The average molecular weight is 473 g/mol. The zero-order chi connectivity index (χ0) is 24.7. The Labute approximate surface area is 202 Å². The summed E-state index contributed by atoms with van der Waals surface area (Å²) in [6.45, 7) is 10.7. The second-order valence-corrected chi connectivity index (χ2v) is 11.6. The van der Waals surface area contributed by atoms with Gasteiger partial charge in [0.1, 0.15) is 5.56 Å². The van der Waals surface area contributed by atoms with Crippen LogP contribution in [-0.2, 0) is 4.79 Å². The van der Waals surface area contributed by atoms with Crippen molar-refractivity contribution in [1.82, 2.24) is 20.4 Å². The number of aliphatic hydroxyl groups is 1. The Bertz CT molecular complexity index is 935. The fraction of sp³-hybridized carbons (Fsp3) is 0.731. The van der Waals surface area contributed by atoms with E-state index in [0.717, 1.165) is 32.1 Å². The highest BCUT2D eigenvalue weighted by Gasteiger charge is 2.55. The summed E-state index contributed by atoms with van der Waals surface area (Å²) >= 11 is 0. The number of carbonyl (C=O) groups is 2. The number of nitrogens with one attached hydrogen (secondary N) is 2. The molecule has 2 amide bonds. The molecule has 188 valence electrons. The molecular weight excluding hydrogens is 432 g/mol. The van der Waals surface area contributed by atoms with Crippen LogP contribution in [0.15, 0.2) is 12.3 Å². The highest BCUT2D eigenvalue weighted by Crippen LogP contribution is 2.55. The molecule has 0 radical (unpaired) electrons. The smallest absolute Gasteiger partial charge is 0.258 e. The molecule has 3 N–H and O–H groups in total. The van der Waals surface area contributed by atoms with Gasteiger partial charge < -0.3 is 20.5 Å². The number of hydrogen-bond acceptors (Lipinski definition) is 5. The number of amides is 2. The molecule has 2 unspecified atom stereocenters. The van der Waals surface area contributed by atoms with E-state index in [4.69, 9.17) is 4.74 Å². The van der Waals surface area contributed by atoms with Gasteiger partial charge in [-0.1, -0.05) is 19.9 Å². The first-order chi connectivity index (χ1) is 16.0. The molecular formula is C26H40N4O4. The van der Waals surface area contributed by atoms with Gasteiger partial charge in [0, 0.05) is 18.8 Å². The molecule has 4 fully saturated rings. The highest BCUT2D eigenvalue weighted by atomic mass is 16.5. The molecule has 0 aliphatic heterocycles. The second-order valence-electron chi connectivity index (χ2n) is 11.6. The van der Waals surface area contributed by atoms with Crippen LogP contribution in [0.25, 0.3) is 6.20 Å². The van der Waals surface area contributed by atoms with Crippen molar-refractivity contribution in [2.75, 3.05) is 13.2 Å². The predicted octanol–water partition coefficient (Wildman–Crippen LogP) is 3.22. The Hall–Kier alpha value is -2.35. The number of rotatable bonds is 9. The summed E-state index contributed by atoms with van der Waals surface area (Å²) in [6.07, 6.45) is 9.64. The number of hydrogen-bond donors (Lipinski definition) is 3. The maximum Gasteiger partial charge on any atom is 0.258 e. The van der Waals surface area contributed by atoms with E-state index < -0.39 is 11.0 Å². The van der Waals surface area contributed by atoms with Gasteiger partial charge in [-0.3, -0.25) is 9.59 Å². The first-order valence-corrected chi connectivity index (χ1v) is 12.7. The van der Waals surface area contributed by atoms with Gasteiger partial charge in [-0.2, -0.15) is 5.10 Å². The molecule has 8 nitrogen and oxygen atoms in total. The molecule has 1 heterocycles. The maximum atomic E-state index is 13.4. The van der Waals surface area contributed by atoms with E-state index in [1.54, 1.807) is 12.3 Å². The lowest BCUT2D eigenvalue weighted by atomic mass is 9.52. The van der Waals surface area contributed by atoms with Gasteiger partial charge in [-0.05, 0) is 76.5 Å². The lowest BCUT2D eigenvalue weighted by molar-refractivity contribution is -0.137. The summed E-state index contributed by atoms with van der Waals surface area (Å²) in [4.78, 5) is 25.8. The van der Waals surface area contributed by atoms with Crippen LogP contribution in [0.5, 0.6) is 5.88 Å². The zero-order valence-electron chi connectivity index (χ0n) is 21.1. The average Bonchev–Trinajstić information content (AvgIpc) is 3.15. The third-order valence-corrected chi connectivity index (χ3v) is 7.64. The molecule has 0 spiro atoms. The molecule has 4 bridgehead atoms. The minimum atomic E-state index is -0.736. The van der Waals surface area contributed by atoms with Crippen LogP contribution >= 0.6 is 0 Å². The third-order valence-electron chi connectivity index (χ3n) is 7.64. The third kappa shape index (κ3) is 5.02. The molecule has 4 aliphatic carbocycles. The van der Waals surface area contributed by atoms with Crippen LogP contribution in [0.3, 0.4) is 0 Å². The predicted molar refractivity (Wildman–Crippen MR) is 130 cm³/mol. The van der Waals surface area contributed by atoms with Gasteiger partial charge in [-0.15, -0.1) is 0 Å². The molecule has 1 aromatic rings.